The maximum absolute atomic E-state index is 12.5. The number of nitrogens with one attached hydrogen (secondary N) is 1. The largest absolute Gasteiger partial charge is 0.468 e. The van der Waals surface area contributed by atoms with E-state index < -0.39 is 18.7 Å². The predicted octanol–water partition coefficient (Wildman–Crippen LogP) is 4.72. The zero-order valence-electron chi connectivity index (χ0n) is 14.6. The van der Waals surface area contributed by atoms with Crippen molar-refractivity contribution in [1.29, 1.82) is 0 Å². The summed E-state index contributed by atoms with van der Waals surface area (Å²) in [5.41, 5.74) is 1.37. The van der Waals surface area contributed by atoms with Crippen LogP contribution in [-0.2, 0) is 0 Å². The molecule has 1 aliphatic carbocycles. The third-order valence-electron chi connectivity index (χ3n) is 4.48. The first-order valence-corrected chi connectivity index (χ1v) is 8.83. The van der Waals surface area contributed by atoms with Gasteiger partial charge in [0.2, 0.25) is 5.88 Å². The van der Waals surface area contributed by atoms with E-state index in [4.69, 9.17) is 4.74 Å². The van der Waals surface area contributed by atoms with E-state index in [2.05, 4.69) is 15.3 Å². The number of alkyl halides is 3. The van der Waals surface area contributed by atoms with Crippen molar-refractivity contribution in [1.82, 2.24) is 9.97 Å². The average Bonchev–Trinajstić information content (AvgIpc) is 2.67. The second-order valence-electron chi connectivity index (χ2n) is 6.55. The molecule has 1 aliphatic rings. The van der Waals surface area contributed by atoms with Crippen molar-refractivity contribution in [2.45, 2.75) is 44.2 Å². The SMILES string of the molecule is O=C(Nc1cccnc1)c1cnc(OCC(F)(F)F)c(C2CCCCC2)c1. The molecule has 0 spiro atoms. The fourth-order valence-corrected chi connectivity index (χ4v) is 3.21. The fourth-order valence-electron chi connectivity index (χ4n) is 3.21. The zero-order valence-corrected chi connectivity index (χ0v) is 14.6. The lowest BCUT2D eigenvalue weighted by Crippen LogP contribution is -2.21. The smallest absolute Gasteiger partial charge is 0.422 e. The Morgan fingerprint density at radius 1 is 1.22 bits per heavy atom. The van der Waals surface area contributed by atoms with Crippen LogP contribution in [0.2, 0.25) is 0 Å². The van der Waals surface area contributed by atoms with Crippen LogP contribution in [0.5, 0.6) is 5.88 Å². The van der Waals surface area contributed by atoms with Crippen LogP contribution in [0.4, 0.5) is 18.9 Å². The molecule has 1 amide bonds. The molecule has 27 heavy (non-hydrogen) atoms. The first-order chi connectivity index (χ1) is 12.9. The van der Waals surface area contributed by atoms with Gasteiger partial charge in [0.05, 0.1) is 17.4 Å². The predicted molar refractivity (Wildman–Crippen MR) is 93.8 cm³/mol. The van der Waals surface area contributed by atoms with Gasteiger partial charge in [0.15, 0.2) is 6.61 Å². The highest BCUT2D eigenvalue weighted by Crippen LogP contribution is 2.37. The van der Waals surface area contributed by atoms with Crippen LogP contribution >= 0.6 is 0 Å². The first-order valence-electron chi connectivity index (χ1n) is 8.83. The third kappa shape index (κ3) is 5.42. The number of aromatic nitrogens is 2. The first kappa shape index (κ1) is 19.1. The molecule has 8 heteroatoms. The number of carbonyl (C=O) groups excluding carboxylic acids is 1. The molecule has 144 valence electrons. The normalized spacial score (nSPS) is 15.4. The molecule has 3 rings (SSSR count). The second-order valence-corrected chi connectivity index (χ2v) is 6.55. The molecule has 0 atom stereocenters. The lowest BCUT2D eigenvalue weighted by molar-refractivity contribution is -0.154. The van der Waals surface area contributed by atoms with E-state index in [0.717, 1.165) is 32.1 Å². The highest BCUT2D eigenvalue weighted by atomic mass is 19.4. The lowest BCUT2D eigenvalue weighted by Gasteiger charge is -2.24. The van der Waals surface area contributed by atoms with Gasteiger partial charge in [-0.1, -0.05) is 19.3 Å². The minimum atomic E-state index is -4.44. The maximum atomic E-state index is 12.5. The monoisotopic (exact) mass is 379 g/mol. The summed E-state index contributed by atoms with van der Waals surface area (Å²) < 4.78 is 42.6. The number of hydrogen-bond acceptors (Lipinski definition) is 4. The Bertz CT molecular complexity index is 776. The Morgan fingerprint density at radius 2 is 2.00 bits per heavy atom. The lowest BCUT2D eigenvalue weighted by atomic mass is 9.84. The van der Waals surface area contributed by atoms with Gasteiger partial charge in [-0.2, -0.15) is 13.2 Å². The number of pyridine rings is 2. The molecule has 0 unspecified atom stereocenters. The van der Waals surface area contributed by atoms with E-state index in [1.807, 2.05) is 0 Å². The van der Waals surface area contributed by atoms with E-state index in [-0.39, 0.29) is 17.4 Å². The number of ether oxygens (including phenoxy) is 1. The Hall–Kier alpha value is -2.64. The summed E-state index contributed by atoms with van der Waals surface area (Å²) in [4.78, 5) is 20.4. The molecule has 1 saturated carbocycles. The molecule has 2 aromatic heterocycles. The molecular formula is C19H20F3N3O2. The number of nitrogens with zero attached hydrogens (tertiary/aromatic N) is 2. The van der Waals surface area contributed by atoms with Crippen LogP contribution in [0.1, 0.15) is 53.9 Å². The Labute approximate surface area is 155 Å². The van der Waals surface area contributed by atoms with E-state index in [1.54, 1.807) is 24.4 Å². The van der Waals surface area contributed by atoms with Crippen LogP contribution < -0.4 is 10.1 Å². The molecule has 0 saturated heterocycles. The average molecular weight is 379 g/mol. The van der Waals surface area contributed by atoms with Crippen molar-refractivity contribution in [3.63, 3.8) is 0 Å². The number of anilines is 1. The number of hydrogen-bond donors (Lipinski definition) is 1. The Balaban J connectivity index is 1.83. The van der Waals surface area contributed by atoms with Gasteiger partial charge in [0.25, 0.3) is 5.91 Å². The molecule has 0 radical (unpaired) electrons. The molecule has 1 N–H and O–H groups in total. The van der Waals surface area contributed by atoms with Crippen LogP contribution in [0.3, 0.4) is 0 Å². The highest BCUT2D eigenvalue weighted by molar-refractivity contribution is 6.04. The van der Waals surface area contributed by atoms with Gasteiger partial charge in [-0.05, 0) is 37.0 Å². The van der Waals surface area contributed by atoms with Crippen molar-refractivity contribution in [2.24, 2.45) is 0 Å². The van der Waals surface area contributed by atoms with Crippen molar-refractivity contribution < 1.29 is 22.7 Å². The van der Waals surface area contributed by atoms with Gasteiger partial charge in [-0.15, -0.1) is 0 Å². The summed E-state index contributed by atoms with van der Waals surface area (Å²) in [6, 6.07) is 4.98. The molecule has 0 aromatic carbocycles. The highest BCUT2D eigenvalue weighted by Gasteiger charge is 2.30. The van der Waals surface area contributed by atoms with E-state index in [0.29, 0.717) is 11.3 Å². The molecule has 1 fully saturated rings. The Kier molecular flexibility index (Phi) is 5.93. The van der Waals surface area contributed by atoms with Crippen molar-refractivity contribution >= 4 is 11.6 Å². The third-order valence-corrected chi connectivity index (χ3v) is 4.48. The van der Waals surface area contributed by atoms with Gasteiger partial charge in [0.1, 0.15) is 0 Å². The standard InChI is InChI=1S/C19H20F3N3O2/c20-19(21,22)12-27-18-16(13-5-2-1-3-6-13)9-14(10-24-18)17(26)25-15-7-4-8-23-11-15/h4,7-11,13H,1-3,5-6,12H2,(H,25,26). The summed E-state index contributed by atoms with van der Waals surface area (Å²) >= 11 is 0. The molecular weight excluding hydrogens is 359 g/mol. The van der Waals surface area contributed by atoms with Crippen LogP contribution in [0, 0.1) is 0 Å². The number of rotatable bonds is 5. The van der Waals surface area contributed by atoms with Crippen molar-refractivity contribution in [3.05, 3.63) is 47.9 Å². The molecule has 0 aliphatic heterocycles. The van der Waals surface area contributed by atoms with Crippen molar-refractivity contribution in [3.8, 4) is 5.88 Å². The molecule has 2 aromatic rings. The van der Waals surface area contributed by atoms with Crippen molar-refractivity contribution in [2.75, 3.05) is 11.9 Å². The number of halogens is 3. The number of carbonyl (C=O) groups is 1. The fraction of sp³-hybridized carbons (Fsp3) is 0.421. The summed E-state index contributed by atoms with van der Waals surface area (Å²) in [7, 11) is 0. The van der Waals surface area contributed by atoms with Crippen LogP contribution in [0.15, 0.2) is 36.8 Å². The van der Waals surface area contributed by atoms with E-state index in [9.17, 15) is 18.0 Å². The maximum Gasteiger partial charge on any atom is 0.422 e. The number of amides is 1. The molecule has 5 nitrogen and oxygen atoms in total. The quantitative estimate of drug-likeness (QED) is 0.817. The summed E-state index contributed by atoms with van der Waals surface area (Å²) in [5.74, 6) is -0.396. The summed E-state index contributed by atoms with van der Waals surface area (Å²) in [5, 5.41) is 2.70. The zero-order chi connectivity index (χ0) is 19.3. The second kappa shape index (κ2) is 8.37. The molecule has 0 bridgehead atoms. The van der Waals surface area contributed by atoms with Gasteiger partial charge < -0.3 is 10.1 Å². The minimum Gasteiger partial charge on any atom is -0.468 e. The van der Waals surface area contributed by atoms with Crippen LogP contribution in [-0.4, -0.2) is 28.7 Å². The molecule has 2 heterocycles. The van der Waals surface area contributed by atoms with Gasteiger partial charge in [-0.25, -0.2) is 4.98 Å². The summed E-state index contributed by atoms with van der Waals surface area (Å²) in [6.45, 7) is -1.40. The van der Waals surface area contributed by atoms with E-state index in [1.165, 1.54) is 12.4 Å². The van der Waals surface area contributed by atoms with Crippen LogP contribution in [0.25, 0.3) is 0 Å². The topological polar surface area (TPSA) is 64.1 Å². The van der Waals surface area contributed by atoms with Gasteiger partial charge in [-0.3, -0.25) is 9.78 Å². The van der Waals surface area contributed by atoms with Gasteiger partial charge >= 0.3 is 6.18 Å². The Morgan fingerprint density at radius 3 is 2.67 bits per heavy atom. The minimum absolute atomic E-state index is 0.0422. The van der Waals surface area contributed by atoms with E-state index >= 15 is 0 Å². The summed E-state index contributed by atoms with van der Waals surface area (Å²) in [6.07, 6.45) is 4.68. The van der Waals surface area contributed by atoms with Gasteiger partial charge in [0, 0.05) is 18.0 Å².